The van der Waals surface area contributed by atoms with E-state index in [0.29, 0.717) is 18.4 Å². The molecule has 22 heavy (non-hydrogen) atoms. The zero-order chi connectivity index (χ0) is 15.4. The van der Waals surface area contributed by atoms with E-state index in [1.807, 2.05) is 41.5 Å². The first-order valence-electron chi connectivity index (χ1n) is 7.92. The minimum absolute atomic E-state index is 0.185. The van der Waals surface area contributed by atoms with Crippen LogP contribution in [-0.2, 0) is 16.1 Å². The number of fused-ring (bicyclic) bond motifs is 1. The second kappa shape index (κ2) is 6.86. The molecule has 4 nitrogen and oxygen atoms in total. The third-order valence-corrected chi connectivity index (χ3v) is 4.68. The van der Waals surface area contributed by atoms with Crippen molar-refractivity contribution in [1.82, 2.24) is 4.90 Å². The van der Waals surface area contributed by atoms with Gasteiger partial charge in [-0.05, 0) is 42.2 Å². The van der Waals surface area contributed by atoms with E-state index in [2.05, 4.69) is 0 Å². The van der Waals surface area contributed by atoms with Crippen LogP contribution in [0, 0.1) is 11.8 Å². The minimum atomic E-state index is -0.185. The average molecular weight is 301 g/mol. The molecule has 1 aromatic carbocycles. The lowest BCUT2D eigenvalue weighted by Gasteiger charge is -2.25. The lowest BCUT2D eigenvalue weighted by molar-refractivity contribution is 0.102. The maximum absolute atomic E-state index is 12.2. The maximum Gasteiger partial charge on any atom is 0.410 e. The number of likely N-dealkylation sites (tertiary alicyclic amines) is 1. The lowest BCUT2D eigenvalue weighted by atomic mass is 9.79. The van der Waals surface area contributed by atoms with Gasteiger partial charge in [0.05, 0.1) is 13.4 Å². The molecule has 1 saturated carbocycles. The Bertz CT molecular complexity index is 541. The van der Waals surface area contributed by atoms with E-state index < -0.39 is 0 Å². The molecular weight excluding hydrogens is 278 g/mol. The first kappa shape index (κ1) is 14.9. The van der Waals surface area contributed by atoms with Gasteiger partial charge < -0.3 is 14.4 Å². The first-order valence-corrected chi connectivity index (χ1v) is 7.92. The Morgan fingerprint density at radius 3 is 2.82 bits per heavy atom. The van der Waals surface area contributed by atoms with Gasteiger partial charge in [-0.15, -0.1) is 0 Å². The zero-order valence-corrected chi connectivity index (χ0v) is 13.0. The van der Waals surface area contributed by atoms with Gasteiger partial charge in [0.25, 0.3) is 0 Å². The molecule has 2 atom stereocenters. The zero-order valence-electron chi connectivity index (χ0n) is 13.0. The normalized spacial score (nSPS) is 25.9. The van der Waals surface area contributed by atoms with Gasteiger partial charge in [0.2, 0.25) is 0 Å². The number of nitrogens with zero attached hydrogens (tertiary/aromatic N) is 1. The number of amides is 1. The third-order valence-electron chi connectivity index (χ3n) is 4.68. The molecule has 118 valence electrons. The van der Waals surface area contributed by atoms with Crippen molar-refractivity contribution in [2.45, 2.75) is 25.9 Å². The number of carbonyl (C=O) groups is 1. The first-order chi connectivity index (χ1) is 10.8. The summed E-state index contributed by atoms with van der Waals surface area (Å²) in [6, 6.07) is 9.81. The van der Waals surface area contributed by atoms with E-state index in [0.717, 1.165) is 37.9 Å². The van der Waals surface area contributed by atoms with Crippen LogP contribution < -0.4 is 0 Å². The largest absolute Gasteiger partial charge is 0.504 e. The van der Waals surface area contributed by atoms with Gasteiger partial charge in [0.15, 0.2) is 0 Å². The number of ether oxygens (including phenoxy) is 2. The van der Waals surface area contributed by atoms with E-state index in [9.17, 15) is 4.79 Å². The van der Waals surface area contributed by atoms with Crippen LogP contribution in [0.5, 0.6) is 0 Å². The molecule has 1 heterocycles. The molecule has 2 aliphatic rings. The van der Waals surface area contributed by atoms with Crippen LogP contribution >= 0.6 is 0 Å². The Hall–Kier alpha value is -1.97. The van der Waals surface area contributed by atoms with Crippen LogP contribution in [0.2, 0.25) is 0 Å². The standard InChI is InChI=1S/C18H23NO3/c1-21-12-15-7-8-16-10-19(11-17(16)9-15)18(20)22-13-14-5-3-2-4-6-14/h2-6,12,16-17H,7-11,13H2,1H3/b15-12-. The summed E-state index contributed by atoms with van der Waals surface area (Å²) >= 11 is 0. The monoisotopic (exact) mass is 301 g/mol. The fraction of sp³-hybridized carbons (Fsp3) is 0.500. The summed E-state index contributed by atoms with van der Waals surface area (Å²) in [5, 5.41) is 0. The minimum Gasteiger partial charge on any atom is -0.504 e. The van der Waals surface area contributed by atoms with Crippen molar-refractivity contribution >= 4 is 6.09 Å². The lowest BCUT2D eigenvalue weighted by Crippen LogP contribution is -2.29. The van der Waals surface area contributed by atoms with Crippen LogP contribution in [0.3, 0.4) is 0 Å². The highest BCUT2D eigenvalue weighted by molar-refractivity contribution is 5.68. The summed E-state index contributed by atoms with van der Waals surface area (Å²) in [7, 11) is 1.70. The van der Waals surface area contributed by atoms with Crippen molar-refractivity contribution in [2.24, 2.45) is 11.8 Å². The Morgan fingerprint density at radius 2 is 2.05 bits per heavy atom. The molecule has 1 aliphatic heterocycles. The number of allylic oxidation sites excluding steroid dienone is 1. The van der Waals surface area contributed by atoms with Crippen molar-refractivity contribution in [3.05, 3.63) is 47.7 Å². The molecule has 2 fully saturated rings. The SMILES string of the molecule is CO/C=C1/CCC2CN(C(=O)OCc3ccccc3)CC2C1. The fourth-order valence-electron chi connectivity index (χ4n) is 3.54. The highest BCUT2D eigenvalue weighted by atomic mass is 16.6. The molecule has 1 amide bonds. The van der Waals surface area contributed by atoms with Crippen molar-refractivity contribution in [1.29, 1.82) is 0 Å². The number of carbonyl (C=O) groups excluding carboxylic acids is 1. The van der Waals surface area contributed by atoms with Gasteiger partial charge in [0.1, 0.15) is 6.61 Å². The second-order valence-corrected chi connectivity index (χ2v) is 6.22. The van der Waals surface area contributed by atoms with Crippen LogP contribution in [0.25, 0.3) is 0 Å². The number of benzene rings is 1. The van der Waals surface area contributed by atoms with Crippen LogP contribution in [0.4, 0.5) is 4.79 Å². The van der Waals surface area contributed by atoms with Crippen molar-refractivity contribution in [2.75, 3.05) is 20.2 Å². The summed E-state index contributed by atoms with van der Waals surface area (Å²) < 4.78 is 10.6. The number of hydrogen-bond donors (Lipinski definition) is 0. The molecule has 2 unspecified atom stereocenters. The van der Waals surface area contributed by atoms with E-state index >= 15 is 0 Å². The van der Waals surface area contributed by atoms with Crippen LogP contribution in [0.15, 0.2) is 42.2 Å². The Labute approximate surface area is 131 Å². The number of methoxy groups -OCH3 is 1. The smallest absolute Gasteiger partial charge is 0.410 e. The molecule has 0 bridgehead atoms. The predicted molar refractivity (Wildman–Crippen MR) is 84.1 cm³/mol. The topological polar surface area (TPSA) is 38.8 Å². The number of rotatable bonds is 3. The van der Waals surface area contributed by atoms with Crippen molar-refractivity contribution in [3.8, 4) is 0 Å². The van der Waals surface area contributed by atoms with Gasteiger partial charge in [-0.1, -0.05) is 30.3 Å². The van der Waals surface area contributed by atoms with Gasteiger partial charge in [-0.25, -0.2) is 4.79 Å². The highest BCUT2D eigenvalue weighted by Crippen LogP contribution is 2.38. The molecule has 0 aromatic heterocycles. The molecule has 0 radical (unpaired) electrons. The third kappa shape index (κ3) is 3.43. The van der Waals surface area contributed by atoms with E-state index in [4.69, 9.17) is 9.47 Å². The highest BCUT2D eigenvalue weighted by Gasteiger charge is 2.38. The van der Waals surface area contributed by atoms with Crippen molar-refractivity contribution < 1.29 is 14.3 Å². The van der Waals surface area contributed by atoms with Gasteiger partial charge >= 0.3 is 6.09 Å². The molecule has 0 N–H and O–H groups in total. The van der Waals surface area contributed by atoms with Crippen LogP contribution in [0.1, 0.15) is 24.8 Å². The van der Waals surface area contributed by atoms with Gasteiger partial charge in [-0.3, -0.25) is 0 Å². The summed E-state index contributed by atoms with van der Waals surface area (Å²) in [6.07, 6.45) is 4.95. The molecule has 0 spiro atoms. The Balaban J connectivity index is 1.52. The van der Waals surface area contributed by atoms with Gasteiger partial charge in [0, 0.05) is 13.1 Å². The molecule has 3 rings (SSSR count). The molecule has 4 heteroatoms. The molecule has 1 aromatic rings. The Morgan fingerprint density at radius 1 is 1.27 bits per heavy atom. The van der Waals surface area contributed by atoms with Crippen LogP contribution in [-0.4, -0.2) is 31.2 Å². The van der Waals surface area contributed by atoms with E-state index in [-0.39, 0.29) is 6.09 Å². The summed E-state index contributed by atoms with van der Waals surface area (Å²) in [6.45, 7) is 1.98. The van der Waals surface area contributed by atoms with Gasteiger partial charge in [-0.2, -0.15) is 0 Å². The molecule has 1 aliphatic carbocycles. The second-order valence-electron chi connectivity index (χ2n) is 6.22. The summed E-state index contributed by atoms with van der Waals surface area (Å²) in [5.41, 5.74) is 2.39. The fourth-order valence-corrected chi connectivity index (χ4v) is 3.54. The summed E-state index contributed by atoms with van der Waals surface area (Å²) in [4.78, 5) is 14.1. The predicted octanol–water partition coefficient (Wildman–Crippen LogP) is 3.59. The maximum atomic E-state index is 12.2. The van der Waals surface area contributed by atoms with Crippen molar-refractivity contribution in [3.63, 3.8) is 0 Å². The molecular formula is C18H23NO3. The Kier molecular flexibility index (Phi) is 4.66. The quantitative estimate of drug-likeness (QED) is 0.801. The molecule has 1 saturated heterocycles. The van der Waals surface area contributed by atoms with E-state index in [1.54, 1.807) is 7.11 Å². The summed E-state index contributed by atoms with van der Waals surface area (Å²) in [5.74, 6) is 1.16. The number of hydrogen-bond acceptors (Lipinski definition) is 3. The average Bonchev–Trinajstić information content (AvgIpc) is 2.97. The van der Waals surface area contributed by atoms with E-state index in [1.165, 1.54) is 5.57 Å².